The van der Waals surface area contributed by atoms with Gasteiger partial charge in [-0.2, -0.15) is 0 Å². The lowest BCUT2D eigenvalue weighted by Crippen LogP contribution is -2.00. The maximum Gasteiger partial charge on any atom is 0.0782 e. The molecule has 0 fully saturated rings. The van der Waals surface area contributed by atoms with Crippen molar-refractivity contribution in [3.63, 3.8) is 0 Å². The van der Waals surface area contributed by atoms with E-state index in [1.807, 2.05) is 53.1 Å². The Morgan fingerprint density at radius 1 is 0.447 bits per heavy atom. The quantitative estimate of drug-likeness (QED) is 0.231. The molecule has 8 aromatic rings. The molecule has 178 valence electrons. The van der Waals surface area contributed by atoms with E-state index in [9.17, 15) is 1.37 Å². The average molecular weight is 495 g/mol. The van der Waals surface area contributed by atoms with Crippen molar-refractivity contribution in [2.24, 2.45) is 0 Å². The fourth-order valence-electron chi connectivity index (χ4n) is 5.42. The van der Waals surface area contributed by atoms with E-state index in [4.69, 9.17) is 12.3 Å². The summed E-state index contributed by atoms with van der Waals surface area (Å²) in [4.78, 5) is 0. The topological polar surface area (TPSA) is 9.86 Å². The summed E-state index contributed by atoms with van der Waals surface area (Å²) in [7, 11) is 0. The second kappa shape index (κ2) is 8.22. The maximum absolute atomic E-state index is 9.35. The van der Waals surface area contributed by atoms with Gasteiger partial charge in [0.15, 0.2) is 0 Å². The fourth-order valence-corrected chi connectivity index (χ4v) is 5.42. The van der Waals surface area contributed by atoms with Crippen LogP contribution in [-0.2, 0) is 0 Å². The molecule has 0 saturated carbocycles. The summed E-state index contributed by atoms with van der Waals surface area (Å²) in [6, 6.07) is 22.3. The van der Waals surface area contributed by atoms with Crippen LogP contribution in [0.15, 0.2) is 145 Å². The molecule has 0 aliphatic carbocycles. The number of hydrogen-bond donors (Lipinski definition) is 0. The molecule has 0 aliphatic rings. The Hall–Kier alpha value is -5.08. The molecule has 0 aliphatic heterocycles. The van der Waals surface area contributed by atoms with Crippen LogP contribution in [0, 0.1) is 0 Å². The first kappa shape index (κ1) is 13.5. The van der Waals surface area contributed by atoms with Crippen molar-refractivity contribution in [2.45, 2.75) is 0 Å². The van der Waals surface area contributed by atoms with Gasteiger partial charge in [-0.3, -0.25) is 0 Å². The minimum atomic E-state index is -0.479. The summed E-state index contributed by atoms with van der Waals surface area (Å²) in [6.45, 7) is 0. The summed E-state index contributed by atoms with van der Waals surface area (Å²) in [5.74, 6) is 0. The lowest BCUT2D eigenvalue weighted by Gasteiger charge is -2.15. The fraction of sp³-hybridized carbons (Fsp3) is 0. The van der Waals surface area contributed by atoms with Crippen molar-refractivity contribution in [3.05, 3.63) is 145 Å². The highest BCUT2D eigenvalue weighted by atomic mass is 15.1. The Balaban J connectivity index is 1.64. The zero-order chi connectivity index (χ0) is 33.8. The summed E-state index contributed by atoms with van der Waals surface area (Å²) in [5.41, 5.74) is 3.22. The van der Waals surface area contributed by atoms with E-state index < -0.39 is 12.1 Å². The zero-order valence-corrected chi connectivity index (χ0v) is 20.0. The van der Waals surface area contributed by atoms with Gasteiger partial charge in [-0.05, 0) is 47.5 Å². The van der Waals surface area contributed by atoms with Crippen molar-refractivity contribution >= 4 is 43.6 Å². The van der Waals surface area contributed by atoms with Crippen molar-refractivity contribution in [1.82, 2.24) is 9.13 Å². The molecule has 2 nitrogen and oxygen atoms in total. The van der Waals surface area contributed by atoms with Crippen LogP contribution < -0.4 is 0 Å². The highest BCUT2D eigenvalue weighted by Crippen LogP contribution is 2.39. The van der Waals surface area contributed by atoms with Crippen molar-refractivity contribution < 1.29 is 13.7 Å². The van der Waals surface area contributed by atoms with E-state index in [0.29, 0.717) is 11.3 Å². The van der Waals surface area contributed by atoms with Gasteiger partial charge in [-0.25, -0.2) is 0 Å². The number of aromatic nitrogens is 2. The molecule has 6 aromatic carbocycles. The molecule has 0 amide bonds. The minimum Gasteiger partial charge on any atom is -0.307 e. The Morgan fingerprint density at radius 2 is 1.16 bits per heavy atom. The molecule has 0 saturated heterocycles. The standard InChI is InChI=1S/C36H24N2/c1-2-12-25(13-3-1)26-14-10-15-27(24-26)37-32-20-7-6-18-30(32)31-19-11-23-35(36(31)37)38-33-21-8-4-16-28(33)29-17-5-9-22-34(29)38/h1-24H/i1D,6D,7D,11D,12D,13D,18D,19D,20D,23D. The van der Waals surface area contributed by atoms with Crippen LogP contribution in [0.5, 0.6) is 0 Å². The largest absolute Gasteiger partial charge is 0.307 e. The maximum atomic E-state index is 9.35. The van der Waals surface area contributed by atoms with Crippen LogP contribution >= 0.6 is 0 Å². The van der Waals surface area contributed by atoms with E-state index in [1.165, 1.54) is 12.1 Å². The van der Waals surface area contributed by atoms with Crippen LogP contribution in [0.1, 0.15) is 13.7 Å². The van der Waals surface area contributed by atoms with Crippen molar-refractivity contribution in [2.75, 3.05) is 0 Å². The predicted molar refractivity (Wildman–Crippen MR) is 161 cm³/mol. The van der Waals surface area contributed by atoms with Gasteiger partial charge in [0.05, 0.1) is 41.5 Å². The third-order valence-corrected chi connectivity index (χ3v) is 6.99. The van der Waals surface area contributed by atoms with E-state index >= 15 is 0 Å². The van der Waals surface area contributed by atoms with Gasteiger partial charge in [0.25, 0.3) is 0 Å². The average Bonchev–Trinajstić information content (AvgIpc) is 3.60. The molecule has 0 atom stereocenters. The molecule has 2 heteroatoms. The number of hydrogen-bond acceptors (Lipinski definition) is 0. The first-order valence-electron chi connectivity index (χ1n) is 17.2. The van der Waals surface area contributed by atoms with Gasteiger partial charge in [0.1, 0.15) is 0 Å². The van der Waals surface area contributed by atoms with E-state index in [-0.39, 0.29) is 81.4 Å². The number of fused-ring (bicyclic) bond motifs is 6. The van der Waals surface area contributed by atoms with Crippen LogP contribution in [0.25, 0.3) is 66.1 Å². The zero-order valence-electron chi connectivity index (χ0n) is 30.0. The smallest absolute Gasteiger partial charge is 0.0782 e. The van der Waals surface area contributed by atoms with Crippen LogP contribution in [-0.4, -0.2) is 9.13 Å². The Morgan fingerprint density at radius 3 is 1.95 bits per heavy atom. The molecule has 2 heterocycles. The third-order valence-electron chi connectivity index (χ3n) is 6.99. The van der Waals surface area contributed by atoms with Gasteiger partial charge in [-0.15, -0.1) is 0 Å². The normalized spacial score (nSPS) is 15.4. The summed E-state index contributed by atoms with van der Waals surface area (Å²) >= 11 is 0. The number of nitrogens with zero attached hydrogens (tertiary/aromatic N) is 2. The van der Waals surface area contributed by atoms with E-state index in [1.54, 1.807) is 28.8 Å². The molecule has 38 heavy (non-hydrogen) atoms. The highest BCUT2D eigenvalue weighted by Gasteiger charge is 2.19. The number of para-hydroxylation sites is 4. The van der Waals surface area contributed by atoms with E-state index in [2.05, 4.69) is 0 Å². The van der Waals surface area contributed by atoms with Crippen LogP contribution in [0.3, 0.4) is 0 Å². The first-order valence-corrected chi connectivity index (χ1v) is 12.2. The number of rotatable bonds is 3. The monoisotopic (exact) mass is 494 g/mol. The van der Waals surface area contributed by atoms with Gasteiger partial charge in [-0.1, -0.05) is 109 Å². The molecule has 0 radical (unpaired) electrons. The molecule has 0 unspecified atom stereocenters. The summed E-state index contributed by atoms with van der Waals surface area (Å²) < 4.78 is 91.2. The van der Waals surface area contributed by atoms with Gasteiger partial charge >= 0.3 is 0 Å². The Kier molecular flexibility index (Phi) is 2.91. The molecule has 0 bridgehead atoms. The van der Waals surface area contributed by atoms with E-state index in [0.717, 1.165) is 21.8 Å². The molecule has 0 N–H and O–H groups in total. The number of benzene rings is 6. The summed E-state index contributed by atoms with van der Waals surface area (Å²) in [5, 5.41) is 1.98. The van der Waals surface area contributed by atoms with Crippen molar-refractivity contribution in [3.8, 4) is 22.5 Å². The Bertz CT molecular complexity index is 2610. The summed E-state index contributed by atoms with van der Waals surface area (Å²) in [6.07, 6.45) is 0. The molecular formula is C36H24N2. The minimum absolute atomic E-state index is 0.0134. The second-order valence-electron chi connectivity index (χ2n) is 9.05. The predicted octanol–water partition coefficient (Wildman–Crippen LogP) is 9.55. The van der Waals surface area contributed by atoms with Gasteiger partial charge in [0, 0.05) is 27.2 Å². The molecular weight excluding hydrogens is 460 g/mol. The Labute approximate surface area is 234 Å². The highest BCUT2D eigenvalue weighted by molar-refractivity contribution is 6.15. The van der Waals surface area contributed by atoms with Gasteiger partial charge in [0.2, 0.25) is 0 Å². The van der Waals surface area contributed by atoms with Crippen LogP contribution in [0.2, 0.25) is 0 Å². The SMILES string of the molecule is [2H]c1cc([2H])c(-c2cccc(-n3c4c([2H])c([2H])c([2H])c([2H])c4c4c([2H])c([2H])c([2H])c(-n5c6ccccc6c6ccccc65)c43)c2)c([2H])c1. The molecule has 8 rings (SSSR count). The lowest BCUT2D eigenvalue weighted by molar-refractivity contribution is 1.13. The lowest BCUT2D eigenvalue weighted by atomic mass is 10.1. The van der Waals surface area contributed by atoms with Gasteiger partial charge < -0.3 is 9.13 Å². The third kappa shape index (κ3) is 3.01. The molecule has 2 aromatic heterocycles. The molecule has 0 spiro atoms. The second-order valence-corrected chi connectivity index (χ2v) is 9.05. The first-order chi connectivity index (χ1) is 23.0. The van der Waals surface area contributed by atoms with Crippen LogP contribution in [0.4, 0.5) is 0 Å². The van der Waals surface area contributed by atoms with Crippen molar-refractivity contribution in [1.29, 1.82) is 0 Å².